The molecule has 2 aromatic heterocycles. The van der Waals surface area contributed by atoms with Crippen LogP contribution in [0.15, 0.2) is 24.5 Å². The summed E-state index contributed by atoms with van der Waals surface area (Å²) in [6, 6.07) is 4.97. The van der Waals surface area contributed by atoms with Crippen LogP contribution in [0.3, 0.4) is 0 Å². The molecule has 2 saturated carbocycles. The smallest absolute Gasteiger partial charge is 0.105 e. The van der Waals surface area contributed by atoms with E-state index >= 15 is 0 Å². The number of aromatic nitrogens is 4. The van der Waals surface area contributed by atoms with Crippen LogP contribution in [0, 0.1) is 5.92 Å². The number of nitrogens with zero attached hydrogens (tertiary/aromatic N) is 5. The summed E-state index contributed by atoms with van der Waals surface area (Å²) in [4.78, 5) is 6.80. The lowest BCUT2D eigenvalue weighted by atomic mass is 9.88. The summed E-state index contributed by atoms with van der Waals surface area (Å²) in [5, 5.41) is 9.12. The quantitative estimate of drug-likeness (QED) is 0.766. The Hall–Kier alpha value is -1.79. The Balaban J connectivity index is 1.32. The fourth-order valence-corrected chi connectivity index (χ4v) is 4.20. The maximum absolute atomic E-state index is 6.11. The molecule has 3 aliphatic rings. The van der Waals surface area contributed by atoms with Gasteiger partial charge < -0.3 is 4.74 Å². The van der Waals surface area contributed by atoms with Gasteiger partial charge in [-0.1, -0.05) is 17.7 Å². The van der Waals surface area contributed by atoms with Crippen molar-refractivity contribution in [1.29, 1.82) is 0 Å². The van der Waals surface area contributed by atoms with Crippen LogP contribution in [0.4, 0.5) is 0 Å². The number of hydrogen-bond acceptors (Lipinski definition) is 5. The standard InChI is InChI=1S/C20H27N5O/c1-4-17(5-1)24-10-8-18-20(22-23-25(18)12-15-6-7-15)19(24)14-26-13-16-3-2-9-21-11-16/h2-3,9,11,15,17,19H,1,4-8,10,12-14H2. The molecule has 0 radical (unpaired) electrons. The van der Waals surface area contributed by atoms with Gasteiger partial charge in [0.05, 0.1) is 24.9 Å². The zero-order valence-corrected chi connectivity index (χ0v) is 15.3. The van der Waals surface area contributed by atoms with Crippen molar-refractivity contribution < 1.29 is 4.74 Å². The molecular formula is C20H27N5O. The lowest BCUT2D eigenvalue weighted by molar-refractivity contribution is 0.00193. The first-order chi connectivity index (χ1) is 12.9. The summed E-state index contributed by atoms with van der Waals surface area (Å²) in [5.74, 6) is 0.825. The van der Waals surface area contributed by atoms with Crippen molar-refractivity contribution in [3.63, 3.8) is 0 Å². The largest absolute Gasteiger partial charge is 0.375 e. The third kappa shape index (κ3) is 3.28. The van der Waals surface area contributed by atoms with Gasteiger partial charge in [-0.15, -0.1) is 5.10 Å². The summed E-state index contributed by atoms with van der Waals surface area (Å²) in [5.41, 5.74) is 3.63. The Morgan fingerprint density at radius 3 is 2.85 bits per heavy atom. The molecule has 1 aliphatic heterocycles. The molecule has 1 atom stereocenters. The highest BCUT2D eigenvalue weighted by atomic mass is 16.5. The first kappa shape index (κ1) is 16.4. The van der Waals surface area contributed by atoms with Gasteiger partial charge in [0.1, 0.15) is 5.69 Å². The van der Waals surface area contributed by atoms with Crippen molar-refractivity contribution in [2.24, 2.45) is 5.92 Å². The van der Waals surface area contributed by atoms with Crippen LogP contribution in [-0.2, 0) is 24.3 Å². The molecule has 0 aromatic carbocycles. The van der Waals surface area contributed by atoms with Gasteiger partial charge in [-0.05, 0) is 43.2 Å². The van der Waals surface area contributed by atoms with Crippen LogP contribution >= 0.6 is 0 Å². The van der Waals surface area contributed by atoms with Crippen LogP contribution in [0.5, 0.6) is 0 Å². The third-order valence-electron chi connectivity index (χ3n) is 6.13. The minimum absolute atomic E-state index is 0.244. The molecule has 2 fully saturated rings. The maximum atomic E-state index is 6.11. The molecule has 2 aromatic rings. The first-order valence-electron chi connectivity index (χ1n) is 10.0. The van der Waals surface area contributed by atoms with E-state index in [9.17, 15) is 0 Å². The van der Waals surface area contributed by atoms with E-state index in [2.05, 4.69) is 30.9 Å². The van der Waals surface area contributed by atoms with Gasteiger partial charge in [-0.25, -0.2) is 4.68 Å². The molecule has 0 bridgehead atoms. The molecular weight excluding hydrogens is 326 g/mol. The number of pyridine rings is 1. The summed E-state index contributed by atoms with van der Waals surface area (Å²) in [6.07, 6.45) is 11.4. The summed E-state index contributed by atoms with van der Waals surface area (Å²) < 4.78 is 8.29. The van der Waals surface area contributed by atoms with E-state index < -0.39 is 0 Å². The van der Waals surface area contributed by atoms with Crippen LogP contribution in [0.1, 0.15) is 55.1 Å². The van der Waals surface area contributed by atoms with Crippen molar-refractivity contribution in [2.45, 2.75) is 63.8 Å². The van der Waals surface area contributed by atoms with E-state index in [-0.39, 0.29) is 6.04 Å². The lowest BCUT2D eigenvalue weighted by Crippen LogP contribution is -2.47. The maximum Gasteiger partial charge on any atom is 0.105 e. The molecule has 6 heteroatoms. The van der Waals surface area contributed by atoms with Crippen molar-refractivity contribution >= 4 is 0 Å². The van der Waals surface area contributed by atoms with E-state index in [4.69, 9.17) is 4.74 Å². The molecule has 3 heterocycles. The van der Waals surface area contributed by atoms with E-state index in [1.807, 2.05) is 12.3 Å². The highest BCUT2D eigenvalue weighted by molar-refractivity contribution is 5.20. The molecule has 6 nitrogen and oxygen atoms in total. The molecule has 0 saturated heterocycles. The predicted molar refractivity (Wildman–Crippen MR) is 97.4 cm³/mol. The van der Waals surface area contributed by atoms with Gasteiger partial charge in [-0.3, -0.25) is 9.88 Å². The summed E-state index contributed by atoms with van der Waals surface area (Å²) in [7, 11) is 0. The van der Waals surface area contributed by atoms with Crippen LogP contribution in [-0.4, -0.2) is 44.1 Å². The lowest BCUT2D eigenvalue weighted by Gasteiger charge is -2.44. The average molecular weight is 353 g/mol. The zero-order valence-electron chi connectivity index (χ0n) is 15.3. The van der Waals surface area contributed by atoms with E-state index in [0.29, 0.717) is 19.3 Å². The number of fused-ring (bicyclic) bond motifs is 1. The van der Waals surface area contributed by atoms with Crippen LogP contribution in [0.2, 0.25) is 0 Å². The highest BCUT2D eigenvalue weighted by Gasteiger charge is 2.38. The van der Waals surface area contributed by atoms with Gasteiger partial charge in [0.15, 0.2) is 0 Å². The Bertz CT molecular complexity index is 738. The van der Waals surface area contributed by atoms with E-state index in [1.54, 1.807) is 6.20 Å². The first-order valence-corrected chi connectivity index (χ1v) is 10.0. The normalized spacial score (nSPS) is 23.6. The Labute approximate surface area is 154 Å². The second-order valence-corrected chi connectivity index (χ2v) is 8.01. The van der Waals surface area contributed by atoms with E-state index in [0.717, 1.165) is 36.7 Å². The second kappa shape index (κ2) is 7.08. The zero-order chi connectivity index (χ0) is 17.3. The Morgan fingerprint density at radius 1 is 1.19 bits per heavy atom. The molecule has 5 rings (SSSR count). The van der Waals surface area contributed by atoms with Gasteiger partial charge in [0.2, 0.25) is 0 Å². The van der Waals surface area contributed by atoms with Crippen molar-refractivity contribution in [3.8, 4) is 0 Å². The molecule has 2 aliphatic carbocycles. The minimum Gasteiger partial charge on any atom is -0.375 e. The topological polar surface area (TPSA) is 56.1 Å². The van der Waals surface area contributed by atoms with E-state index in [1.165, 1.54) is 37.8 Å². The minimum atomic E-state index is 0.244. The van der Waals surface area contributed by atoms with Gasteiger partial charge >= 0.3 is 0 Å². The molecule has 0 spiro atoms. The van der Waals surface area contributed by atoms with Crippen LogP contribution < -0.4 is 0 Å². The average Bonchev–Trinajstić information content (AvgIpc) is 3.35. The van der Waals surface area contributed by atoms with Crippen molar-refractivity contribution in [3.05, 3.63) is 41.5 Å². The van der Waals surface area contributed by atoms with Gasteiger partial charge in [-0.2, -0.15) is 0 Å². The third-order valence-corrected chi connectivity index (χ3v) is 6.13. The Morgan fingerprint density at radius 2 is 2.12 bits per heavy atom. The number of ether oxygens (including phenoxy) is 1. The Kier molecular flexibility index (Phi) is 4.46. The van der Waals surface area contributed by atoms with Gasteiger partial charge in [0.25, 0.3) is 0 Å². The molecule has 138 valence electrons. The number of rotatable bonds is 7. The molecule has 26 heavy (non-hydrogen) atoms. The fraction of sp³-hybridized carbons (Fsp3) is 0.650. The monoisotopic (exact) mass is 353 g/mol. The molecule has 0 amide bonds. The van der Waals surface area contributed by atoms with Crippen molar-refractivity contribution in [2.75, 3.05) is 13.2 Å². The van der Waals surface area contributed by atoms with Gasteiger partial charge in [0, 0.05) is 37.9 Å². The number of hydrogen-bond donors (Lipinski definition) is 0. The van der Waals surface area contributed by atoms with Crippen molar-refractivity contribution in [1.82, 2.24) is 24.9 Å². The molecule has 0 N–H and O–H groups in total. The summed E-state index contributed by atoms with van der Waals surface area (Å²) >= 11 is 0. The fourth-order valence-electron chi connectivity index (χ4n) is 4.20. The second-order valence-electron chi connectivity index (χ2n) is 8.01. The predicted octanol–water partition coefficient (Wildman–Crippen LogP) is 2.75. The SMILES string of the molecule is c1cncc(COCC2c3nnn(CC4CC4)c3CCN2C2CCC2)c1. The highest BCUT2D eigenvalue weighted by Crippen LogP contribution is 2.37. The van der Waals surface area contributed by atoms with Crippen LogP contribution in [0.25, 0.3) is 0 Å². The summed E-state index contributed by atoms with van der Waals surface area (Å²) in [6.45, 7) is 3.44. The molecule has 1 unspecified atom stereocenters.